The smallest absolute Gasteiger partial charge is 0.317 e. The summed E-state index contributed by atoms with van der Waals surface area (Å²) in [6.45, 7) is 0. The fourth-order valence-corrected chi connectivity index (χ4v) is 2.92. The highest BCUT2D eigenvalue weighted by molar-refractivity contribution is 6.14. The molecule has 0 N–H and O–H groups in total. The van der Waals surface area contributed by atoms with Crippen LogP contribution in [0.5, 0.6) is 0 Å². The standard InChI is InChI=1S/C19H13N3O2/c20-11-15(12-21)16(13-7-3-1-4-8-13)17-18(22-24-19(17)23)14-9-5-2-6-10-14/h1-10,15-17H/t16-,17+/m0/s1. The number of nitrogens with zero attached hydrogens (tertiary/aromatic N) is 3. The Kier molecular flexibility index (Phi) is 4.36. The lowest BCUT2D eigenvalue weighted by molar-refractivity contribution is -0.144. The Labute approximate surface area is 139 Å². The predicted molar refractivity (Wildman–Crippen MR) is 86.5 cm³/mol. The van der Waals surface area contributed by atoms with Crippen molar-refractivity contribution in [1.29, 1.82) is 10.5 Å². The summed E-state index contributed by atoms with van der Waals surface area (Å²) in [5.74, 6) is -2.97. The zero-order valence-corrected chi connectivity index (χ0v) is 12.7. The molecule has 0 saturated carbocycles. The van der Waals surface area contributed by atoms with Crippen LogP contribution in [0.25, 0.3) is 0 Å². The van der Waals surface area contributed by atoms with Crippen molar-refractivity contribution in [3.63, 3.8) is 0 Å². The van der Waals surface area contributed by atoms with Gasteiger partial charge in [0.15, 0.2) is 0 Å². The highest BCUT2D eigenvalue weighted by Gasteiger charge is 2.44. The second-order valence-corrected chi connectivity index (χ2v) is 5.40. The van der Waals surface area contributed by atoms with Crippen LogP contribution < -0.4 is 0 Å². The van der Waals surface area contributed by atoms with Gasteiger partial charge in [-0.15, -0.1) is 0 Å². The molecule has 5 heteroatoms. The monoisotopic (exact) mass is 315 g/mol. The highest BCUT2D eigenvalue weighted by Crippen LogP contribution is 2.37. The second kappa shape index (κ2) is 6.76. The minimum absolute atomic E-state index is 0.449. The first-order chi connectivity index (χ1) is 11.8. The van der Waals surface area contributed by atoms with Crippen LogP contribution in [0.3, 0.4) is 0 Å². The average molecular weight is 315 g/mol. The number of carbonyl (C=O) groups is 1. The maximum atomic E-state index is 12.4. The van der Waals surface area contributed by atoms with Crippen LogP contribution in [0.15, 0.2) is 65.8 Å². The van der Waals surface area contributed by atoms with E-state index < -0.39 is 23.7 Å². The molecular weight excluding hydrogens is 302 g/mol. The molecule has 0 amide bonds. The average Bonchev–Trinajstić information content (AvgIpc) is 3.02. The summed E-state index contributed by atoms with van der Waals surface area (Å²) in [5.41, 5.74) is 1.92. The third-order valence-electron chi connectivity index (χ3n) is 4.03. The maximum Gasteiger partial charge on any atom is 0.344 e. The molecule has 5 nitrogen and oxygen atoms in total. The van der Waals surface area contributed by atoms with E-state index in [4.69, 9.17) is 4.84 Å². The topological polar surface area (TPSA) is 86.2 Å². The number of nitriles is 2. The van der Waals surface area contributed by atoms with Gasteiger partial charge < -0.3 is 4.84 Å². The van der Waals surface area contributed by atoms with Gasteiger partial charge in [0, 0.05) is 11.5 Å². The molecule has 1 aliphatic heterocycles. The molecule has 3 rings (SSSR count). The summed E-state index contributed by atoms with van der Waals surface area (Å²) in [4.78, 5) is 17.3. The maximum absolute atomic E-state index is 12.4. The number of hydrogen-bond donors (Lipinski definition) is 0. The zero-order valence-electron chi connectivity index (χ0n) is 12.7. The summed E-state index contributed by atoms with van der Waals surface area (Å²) >= 11 is 0. The first-order valence-electron chi connectivity index (χ1n) is 7.44. The van der Waals surface area contributed by atoms with Crippen molar-refractivity contribution in [1.82, 2.24) is 0 Å². The Hall–Kier alpha value is -3.44. The molecule has 0 unspecified atom stereocenters. The molecule has 116 valence electrons. The summed E-state index contributed by atoms with van der Waals surface area (Å²) < 4.78 is 0. The van der Waals surface area contributed by atoms with Crippen molar-refractivity contribution in [2.24, 2.45) is 17.0 Å². The lowest BCUT2D eigenvalue weighted by atomic mass is 9.74. The van der Waals surface area contributed by atoms with Gasteiger partial charge in [-0.05, 0) is 5.56 Å². The molecule has 2 aromatic carbocycles. The molecule has 0 spiro atoms. The number of hydrogen-bond acceptors (Lipinski definition) is 5. The van der Waals surface area contributed by atoms with Gasteiger partial charge in [-0.3, -0.25) is 0 Å². The van der Waals surface area contributed by atoms with Crippen LogP contribution in [0, 0.1) is 34.5 Å². The molecule has 0 aromatic heterocycles. The predicted octanol–water partition coefficient (Wildman–Crippen LogP) is 3.01. The first kappa shape index (κ1) is 15.5. The van der Waals surface area contributed by atoms with E-state index in [0.717, 1.165) is 11.1 Å². The van der Waals surface area contributed by atoms with Crippen molar-refractivity contribution in [3.05, 3.63) is 71.8 Å². The molecule has 1 aliphatic rings. The SMILES string of the molecule is N#CC(C#N)[C@H](c1ccccc1)[C@H]1C(=O)ON=C1c1ccccc1. The Morgan fingerprint density at radius 1 is 0.958 bits per heavy atom. The molecule has 1 heterocycles. The Bertz CT molecular complexity index is 834. The number of benzene rings is 2. The van der Waals surface area contributed by atoms with Gasteiger partial charge >= 0.3 is 5.97 Å². The van der Waals surface area contributed by atoms with Crippen LogP contribution in [0.1, 0.15) is 17.0 Å². The fourth-order valence-electron chi connectivity index (χ4n) is 2.92. The normalized spacial score (nSPS) is 17.5. The van der Waals surface area contributed by atoms with Crippen molar-refractivity contribution < 1.29 is 9.63 Å². The van der Waals surface area contributed by atoms with E-state index in [1.807, 2.05) is 60.7 Å². The van der Waals surface area contributed by atoms with Crippen LogP contribution in [0.4, 0.5) is 0 Å². The molecule has 0 fully saturated rings. The van der Waals surface area contributed by atoms with Crippen molar-refractivity contribution >= 4 is 11.7 Å². The van der Waals surface area contributed by atoms with Crippen LogP contribution in [-0.4, -0.2) is 11.7 Å². The van der Waals surface area contributed by atoms with E-state index in [0.29, 0.717) is 5.71 Å². The van der Waals surface area contributed by atoms with Gasteiger partial charge in [-0.1, -0.05) is 65.8 Å². The van der Waals surface area contributed by atoms with Crippen molar-refractivity contribution in [2.75, 3.05) is 0 Å². The van der Waals surface area contributed by atoms with Gasteiger partial charge in [0.2, 0.25) is 0 Å². The molecule has 2 aromatic rings. The van der Waals surface area contributed by atoms with Gasteiger partial charge in [0.1, 0.15) is 17.5 Å². The van der Waals surface area contributed by atoms with Gasteiger partial charge in [-0.2, -0.15) is 10.5 Å². The van der Waals surface area contributed by atoms with Crippen molar-refractivity contribution in [2.45, 2.75) is 5.92 Å². The van der Waals surface area contributed by atoms with Crippen LogP contribution in [-0.2, 0) is 9.63 Å². The van der Waals surface area contributed by atoms with Gasteiger partial charge in [-0.25, -0.2) is 4.79 Å². The summed E-state index contributed by atoms with van der Waals surface area (Å²) in [7, 11) is 0. The van der Waals surface area contributed by atoms with Gasteiger partial charge in [0.25, 0.3) is 0 Å². The molecule has 0 saturated heterocycles. The summed E-state index contributed by atoms with van der Waals surface area (Å²) in [5, 5.41) is 22.7. The first-order valence-corrected chi connectivity index (χ1v) is 7.44. The molecule has 0 radical (unpaired) electrons. The third-order valence-corrected chi connectivity index (χ3v) is 4.03. The van der Waals surface area contributed by atoms with Crippen LogP contribution >= 0.6 is 0 Å². The highest BCUT2D eigenvalue weighted by atomic mass is 16.7. The zero-order chi connectivity index (χ0) is 16.9. The lowest BCUT2D eigenvalue weighted by Gasteiger charge is -2.23. The summed E-state index contributed by atoms with van der Waals surface area (Å²) in [6.07, 6.45) is 0. The second-order valence-electron chi connectivity index (χ2n) is 5.40. The van der Waals surface area contributed by atoms with E-state index in [-0.39, 0.29) is 0 Å². The molecule has 2 atom stereocenters. The molecule has 0 aliphatic carbocycles. The molecular formula is C19H13N3O2. The Balaban J connectivity index is 2.10. The van der Waals surface area contributed by atoms with E-state index in [1.54, 1.807) is 12.1 Å². The van der Waals surface area contributed by atoms with E-state index in [2.05, 4.69) is 5.16 Å². The van der Waals surface area contributed by atoms with E-state index in [1.165, 1.54) is 0 Å². The molecule has 24 heavy (non-hydrogen) atoms. The minimum Gasteiger partial charge on any atom is -0.317 e. The quantitative estimate of drug-likeness (QED) is 0.811. The Morgan fingerprint density at radius 3 is 2.12 bits per heavy atom. The fraction of sp³-hybridized carbons (Fsp3) is 0.158. The van der Waals surface area contributed by atoms with Gasteiger partial charge in [0.05, 0.1) is 12.1 Å². The van der Waals surface area contributed by atoms with E-state index in [9.17, 15) is 15.3 Å². The number of rotatable bonds is 4. The van der Waals surface area contributed by atoms with Crippen molar-refractivity contribution in [3.8, 4) is 12.1 Å². The lowest BCUT2D eigenvalue weighted by Crippen LogP contribution is -2.30. The summed E-state index contributed by atoms with van der Waals surface area (Å²) in [6, 6.07) is 22.2. The van der Waals surface area contributed by atoms with E-state index >= 15 is 0 Å². The Morgan fingerprint density at radius 2 is 1.54 bits per heavy atom. The molecule has 0 bridgehead atoms. The number of oxime groups is 1. The minimum atomic E-state index is -0.989. The van der Waals surface area contributed by atoms with Crippen LogP contribution in [0.2, 0.25) is 0 Å². The third kappa shape index (κ3) is 2.76. The largest absolute Gasteiger partial charge is 0.344 e. The number of carbonyl (C=O) groups excluding carboxylic acids is 1.